The van der Waals surface area contributed by atoms with Gasteiger partial charge in [0.1, 0.15) is 0 Å². The van der Waals surface area contributed by atoms with Gasteiger partial charge in [-0.05, 0) is 32.4 Å². The van der Waals surface area contributed by atoms with Crippen LogP contribution < -0.4 is 14.8 Å². The van der Waals surface area contributed by atoms with Gasteiger partial charge in [0.15, 0.2) is 11.5 Å². The van der Waals surface area contributed by atoms with Gasteiger partial charge in [-0.25, -0.2) is 0 Å². The van der Waals surface area contributed by atoms with Crippen LogP contribution >= 0.6 is 0 Å². The van der Waals surface area contributed by atoms with Crippen LogP contribution in [0.5, 0.6) is 11.5 Å². The van der Waals surface area contributed by atoms with E-state index >= 15 is 0 Å². The van der Waals surface area contributed by atoms with E-state index in [4.69, 9.17) is 14.7 Å². The van der Waals surface area contributed by atoms with Gasteiger partial charge < -0.3 is 14.8 Å². The zero-order valence-corrected chi connectivity index (χ0v) is 11.0. The van der Waals surface area contributed by atoms with Crippen molar-refractivity contribution in [3.63, 3.8) is 0 Å². The molecule has 0 saturated carbocycles. The molecule has 0 amide bonds. The molecule has 1 saturated heterocycles. The van der Waals surface area contributed by atoms with Crippen LogP contribution in [0, 0.1) is 11.3 Å². The van der Waals surface area contributed by atoms with Crippen molar-refractivity contribution in [2.45, 2.75) is 25.3 Å². The van der Waals surface area contributed by atoms with E-state index in [2.05, 4.69) is 18.3 Å². The Labute approximate surface area is 108 Å². The maximum atomic E-state index is 9.11. The van der Waals surface area contributed by atoms with Gasteiger partial charge in [-0.3, -0.25) is 0 Å². The quantitative estimate of drug-likeness (QED) is 0.888. The van der Waals surface area contributed by atoms with E-state index in [-0.39, 0.29) is 5.54 Å². The summed E-state index contributed by atoms with van der Waals surface area (Å²) in [6.45, 7) is 3.12. The molecule has 1 atom stereocenters. The molecule has 0 aliphatic carbocycles. The lowest BCUT2D eigenvalue weighted by Crippen LogP contribution is -2.33. The van der Waals surface area contributed by atoms with Crippen molar-refractivity contribution in [1.29, 1.82) is 5.26 Å². The average molecular weight is 246 g/mol. The fourth-order valence-corrected chi connectivity index (χ4v) is 2.56. The molecule has 0 aromatic heterocycles. The summed E-state index contributed by atoms with van der Waals surface area (Å²) in [6.07, 6.45) is 2.15. The predicted octanol–water partition coefficient (Wildman–Crippen LogP) is 2.17. The number of nitriles is 1. The first-order valence-electron chi connectivity index (χ1n) is 6.06. The summed E-state index contributed by atoms with van der Waals surface area (Å²) in [4.78, 5) is 0. The number of methoxy groups -OCH3 is 2. The SMILES string of the molecule is COc1cc(C#N)cc(C2(C)CCCN2)c1OC. The van der Waals surface area contributed by atoms with Crippen LogP contribution in [0.4, 0.5) is 0 Å². The van der Waals surface area contributed by atoms with Crippen LogP contribution in [0.25, 0.3) is 0 Å². The van der Waals surface area contributed by atoms with E-state index in [1.165, 1.54) is 0 Å². The zero-order chi connectivity index (χ0) is 13.2. The normalized spacial score (nSPS) is 22.6. The van der Waals surface area contributed by atoms with Gasteiger partial charge in [0.2, 0.25) is 0 Å². The summed E-state index contributed by atoms with van der Waals surface area (Å²) in [5, 5.41) is 12.6. The Morgan fingerprint density at radius 1 is 1.33 bits per heavy atom. The molecule has 0 spiro atoms. The molecular formula is C14H18N2O2. The lowest BCUT2D eigenvalue weighted by Gasteiger charge is -2.28. The lowest BCUT2D eigenvalue weighted by atomic mass is 9.88. The Hall–Kier alpha value is -1.73. The topological polar surface area (TPSA) is 54.3 Å². The second-order valence-electron chi connectivity index (χ2n) is 4.73. The second-order valence-corrected chi connectivity index (χ2v) is 4.73. The molecule has 4 nitrogen and oxygen atoms in total. The highest BCUT2D eigenvalue weighted by Crippen LogP contribution is 2.42. The molecule has 4 heteroatoms. The van der Waals surface area contributed by atoms with Crippen LogP contribution in [-0.4, -0.2) is 20.8 Å². The maximum Gasteiger partial charge on any atom is 0.165 e. The molecular weight excluding hydrogens is 228 g/mol. The van der Waals surface area contributed by atoms with Crippen LogP contribution in [0.1, 0.15) is 30.9 Å². The minimum Gasteiger partial charge on any atom is -0.493 e. The molecule has 0 bridgehead atoms. The molecule has 1 fully saturated rings. The number of nitrogens with zero attached hydrogens (tertiary/aromatic N) is 1. The highest BCUT2D eigenvalue weighted by atomic mass is 16.5. The molecule has 1 aromatic rings. The molecule has 0 radical (unpaired) electrons. The van der Waals surface area contributed by atoms with Crippen molar-refractivity contribution in [2.24, 2.45) is 0 Å². The molecule has 1 N–H and O–H groups in total. The molecule has 1 aromatic carbocycles. The molecule has 1 heterocycles. The summed E-state index contributed by atoms with van der Waals surface area (Å²) in [5.41, 5.74) is 1.45. The Morgan fingerprint density at radius 3 is 2.61 bits per heavy atom. The van der Waals surface area contributed by atoms with E-state index in [9.17, 15) is 0 Å². The number of benzene rings is 1. The summed E-state index contributed by atoms with van der Waals surface area (Å²) in [6, 6.07) is 5.77. The third-order valence-corrected chi connectivity index (χ3v) is 3.57. The third-order valence-electron chi connectivity index (χ3n) is 3.57. The highest BCUT2D eigenvalue weighted by molar-refractivity contribution is 5.55. The molecule has 1 aliphatic heterocycles. The second kappa shape index (κ2) is 4.87. The third kappa shape index (κ3) is 2.02. The van der Waals surface area contributed by atoms with Gasteiger partial charge in [-0.2, -0.15) is 5.26 Å². The molecule has 1 aliphatic rings. The van der Waals surface area contributed by atoms with Gasteiger partial charge in [-0.1, -0.05) is 0 Å². The monoisotopic (exact) mass is 246 g/mol. The van der Waals surface area contributed by atoms with Gasteiger partial charge in [0.05, 0.1) is 25.9 Å². The minimum atomic E-state index is -0.147. The molecule has 1 unspecified atom stereocenters. The Kier molecular flexibility index (Phi) is 3.44. The predicted molar refractivity (Wildman–Crippen MR) is 68.8 cm³/mol. The van der Waals surface area contributed by atoms with Crippen LogP contribution in [-0.2, 0) is 5.54 Å². The lowest BCUT2D eigenvalue weighted by molar-refractivity contribution is 0.333. The fraction of sp³-hybridized carbons (Fsp3) is 0.500. The van der Waals surface area contributed by atoms with Gasteiger partial charge in [0.25, 0.3) is 0 Å². The Balaban J connectivity index is 2.60. The summed E-state index contributed by atoms with van der Waals surface area (Å²) < 4.78 is 10.8. The van der Waals surface area contributed by atoms with Crippen molar-refractivity contribution < 1.29 is 9.47 Å². The van der Waals surface area contributed by atoms with E-state index in [1.54, 1.807) is 20.3 Å². The van der Waals surface area contributed by atoms with Gasteiger partial charge in [0, 0.05) is 17.2 Å². The number of hydrogen-bond donors (Lipinski definition) is 1. The standard InChI is InChI=1S/C14H18N2O2/c1-14(5-4-6-16-14)11-7-10(9-15)8-12(17-2)13(11)18-3/h7-8,16H,4-6H2,1-3H3. The van der Waals surface area contributed by atoms with Crippen molar-refractivity contribution >= 4 is 0 Å². The number of nitrogens with one attached hydrogen (secondary N) is 1. The van der Waals surface area contributed by atoms with Gasteiger partial charge >= 0.3 is 0 Å². The Morgan fingerprint density at radius 2 is 2.11 bits per heavy atom. The Bertz CT molecular complexity index is 485. The van der Waals surface area contributed by atoms with Gasteiger partial charge in [-0.15, -0.1) is 0 Å². The number of rotatable bonds is 3. The van der Waals surface area contributed by atoms with Crippen LogP contribution in [0.15, 0.2) is 12.1 Å². The van der Waals surface area contributed by atoms with E-state index in [0.717, 1.165) is 24.9 Å². The molecule has 18 heavy (non-hydrogen) atoms. The minimum absolute atomic E-state index is 0.147. The summed E-state index contributed by atoms with van der Waals surface area (Å²) >= 11 is 0. The van der Waals surface area contributed by atoms with E-state index < -0.39 is 0 Å². The van der Waals surface area contributed by atoms with E-state index in [1.807, 2.05) is 6.07 Å². The van der Waals surface area contributed by atoms with Crippen molar-refractivity contribution in [3.8, 4) is 17.6 Å². The summed E-state index contributed by atoms with van der Waals surface area (Å²) in [7, 11) is 3.22. The first-order chi connectivity index (χ1) is 8.64. The van der Waals surface area contributed by atoms with E-state index in [0.29, 0.717) is 17.1 Å². The van der Waals surface area contributed by atoms with Crippen LogP contribution in [0.2, 0.25) is 0 Å². The zero-order valence-electron chi connectivity index (χ0n) is 11.0. The largest absolute Gasteiger partial charge is 0.493 e. The molecule has 2 rings (SSSR count). The average Bonchev–Trinajstić information content (AvgIpc) is 2.85. The maximum absolute atomic E-state index is 9.11. The van der Waals surface area contributed by atoms with Crippen LogP contribution in [0.3, 0.4) is 0 Å². The first kappa shape index (κ1) is 12.7. The highest BCUT2D eigenvalue weighted by Gasteiger charge is 2.34. The molecule has 96 valence electrons. The van der Waals surface area contributed by atoms with Crippen molar-refractivity contribution in [3.05, 3.63) is 23.3 Å². The first-order valence-corrected chi connectivity index (χ1v) is 6.06. The smallest absolute Gasteiger partial charge is 0.165 e. The number of hydrogen-bond acceptors (Lipinski definition) is 4. The number of ether oxygens (including phenoxy) is 2. The van der Waals surface area contributed by atoms with Crippen molar-refractivity contribution in [2.75, 3.05) is 20.8 Å². The fourth-order valence-electron chi connectivity index (χ4n) is 2.56. The summed E-state index contributed by atoms with van der Waals surface area (Å²) in [5.74, 6) is 1.33. The van der Waals surface area contributed by atoms with Crippen molar-refractivity contribution in [1.82, 2.24) is 5.32 Å².